The summed E-state index contributed by atoms with van der Waals surface area (Å²) in [5.74, 6) is -0.412. The lowest BCUT2D eigenvalue weighted by Crippen LogP contribution is -2.06. The first-order chi connectivity index (χ1) is 6.69. The van der Waals surface area contributed by atoms with Gasteiger partial charge in [-0.05, 0) is 13.8 Å². The summed E-state index contributed by atoms with van der Waals surface area (Å²) in [6.45, 7) is 3.88. The van der Waals surface area contributed by atoms with Crippen molar-refractivity contribution in [2.75, 3.05) is 6.61 Å². The molecule has 0 amide bonds. The number of ether oxygens (including phenoxy) is 1. The molecule has 0 aliphatic heterocycles. The molecule has 0 fully saturated rings. The summed E-state index contributed by atoms with van der Waals surface area (Å²) in [7, 11) is 0. The average Bonchev–Trinajstić information content (AvgIpc) is 2.48. The average molecular weight is 210 g/mol. The molecule has 0 aromatic carbocycles. The Hall–Kier alpha value is -1.41. The van der Waals surface area contributed by atoms with Gasteiger partial charge >= 0.3 is 5.97 Å². The zero-order chi connectivity index (χ0) is 10.6. The van der Waals surface area contributed by atoms with Crippen molar-refractivity contribution in [3.8, 4) is 6.07 Å². The van der Waals surface area contributed by atoms with Crippen molar-refractivity contribution in [2.24, 2.45) is 0 Å². The van der Waals surface area contributed by atoms with Crippen molar-refractivity contribution in [1.82, 2.24) is 4.98 Å². The molecule has 0 atom stereocenters. The van der Waals surface area contributed by atoms with Gasteiger partial charge in [0.15, 0.2) is 5.69 Å². The fraction of sp³-hybridized carbons (Fsp3) is 0.444. The molecule has 1 heterocycles. The van der Waals surface area contributed by atoms with E-state index in [4.69, 9.17) is 10.00 Å². The zero-order valence-electron chi connectivity index (χ0n) is 8.03. The third-order valence-electron chi connectivity index (χ3n) is 1.54. The lowest BCUT2D eigenvalue weighted by Gasteiger charge is -1.97. The Bertz CT molecular complexity index is 379. The van der Waals surface area contributed by atoms with Gasteiger partial charge < -0.3 is 4.74 Å². The van der Waals surface area contributed by atoms with Crippen molar-refractivity contribution in [1.29, 1.82) is 5.26 Å². The van der Waals surface area contributed by atoms with Crippen LogP contribution in [-0.2, 0) is 11.2 Å². The van der Waals surface area contributed by atoms with Crippen LogP contribution in [0.3, 0.4) is 0 Å². The maximum absolute atomic E-state index is 11.3. The molecule has 1 aromatic heterocycles. The van der Waals surface area contributed by atoms with Gasteiger partial charge in [-0.1, -0.05) is 0 Å². The highest BCUT2D eigenvalue weighted by Gasteiger charge is 2.15. The standard InChI is InChI=1S/C9H10N2O2S/c1-3-13-9(12)8-6(2)14-7(11-8)4-5-10/h3-4H2,1-2H3. The molecule has 0 aliphatic carbocycles. The summed E-state index contributed by atoms with van der Waals surface area (Å²) in [6, 6.07) is 1.99. The van der Waals surface area contributed by atoms with Crippen LogP contribution >= 0.6 is 11.3 Å². The first-order valence-electron chi connectivity index (χ1n) is 4.19. The summed E-state index contributed by atoms with van der Waals surface area (Å²) in [5, 5.41) is 9.12. The van der Waals surface area contributed by atoms with Crippen LogP contribution in [0.5, 0.6) is 0 Å². The number of aryl methyl sites for hydroxylation is 1. The second-order valence-corrected chi connectivity index (χ2v) is 3.86. The van der Waals surface area contributed by atoms with Crippen molar-refractivity contribution in [3.63, 3.8) is 0 Å². The van der Waals surface area contributed by atoms with Gasteiger partial charge in [0.25, 0.3) is 0 Å². The molecule has 1 rings (SSSR count). The van der Waals surface area contributed by atoms with Crippen LogP contribution in [-0.4, -0.2) is 17.6 Å². The first-order valence-corrected chi connectivity index (χ1v) is 5.01. The van der Waals surface area contributed by atoms with E-state index in [1.165, 1.54) is 11.3 Å². The topological polar surface area (TPSA) is 63.0 Å². The lowest BCUT2D eigenvalue weighted by molar-refractivity contribution is 0.0519. The van der Waals surface area contributed by atoms with E-state index < -0.39 is 5.97 Å². The molecule has 0 saturated heterocycles. The van der Waals surface area contributed by atoms with Gasteiger partial charge in [0.05, 0.1) is 19.1 Å². The minimum absolute atomic E-state index is 0.241. The predicted octanol–water partition coefficient (Wildman–Crippen LogP) is 1.69. The predicted molar refractivity (Wildman–Crippen MR) is 52.1 cm³/mol. The minimum Gasteiger partial charge on any atom is -0.461 e. The number of carbonyl (C=O) groups excluding carboxylic acids is 1. The number of aromatic nitrogens is 1. The Morgan fingerprint density at radius 3 is 3.00 bits per heavy atom. The maximum Gasteiger partial charge on any atom is 0.358 e. The molecular formula is C9H10N2O2S. The molecule has 0 saturated carbocycles. The molecule has 1 aromatic rings. The normalized spacial score (nSPS) is 9.50. The van der Waals surface area contributed by atoms with Crippen LogP contribution in [0.15, 0.2) is 0 Å². The van der Waals surface area contributed by atoms with Crippen LogP contribution < -0.4 is 0 Å². The second-order valence-electron chi connectivity index (χ2n) is 2.57. The monoisotopic (exact) mass is 210 g/mol. The third-order valence-corrected chi connectivity index (χ3v) is 2.51. The van der Waals surface area contributed by atoms with Crippen LogP contribution in [0.25, 0.3) is 0 Å². The number of rotatable bonds is 3. The molecule has 0 unspecified atom stereocenters. The molecule has 14 heavy (non-hydrogen) atoms. The largest absolute Gasteiger partial charge is 0.461 e. The fourth-order valence-electron chi connectivity index (χ4n) is 0.983. The lowest BCUT2D eigenvalue weighted by atomic mass is 10.4. The van der Waals surface area contributed by atoms with Crippen LogP contribution in [0, 0.1) is 18.3 Å². The van der Waals surface area contributed by atoms with E-state index in [0.717, 1.165) is 4.88 Å². The molecule has 0 N–H and O–H groups in total. The quantitative estimate of drug-likeness (QED) is 0.712. The summed E-state index contributed by atoms with van der Waals surface area (Å²) in [5.41, 5.74) is 0.335. The highest BCUT2D eigenvalue weighted by Crippen LogP contribution is 2.18. The van der Waals surface area contributed by atoms with Gasteiger partial charge in [0, 0.05) is 4.88 Å². The number of hydrogen-bond donors (Lipinski definition) is 0. The number of thiazole rings is 1. The van der Waals surface area contributed by atoms with Crippen LogP contribution in [0.2, 0.25) is 0 Å². The third kappa shape index (κ3) is 2.30. The van der Waals surface area contributed by atoms with Crippen molar-refractivity contribution in [2.45, 2.75) is 20.3 Å². The highest BCUT2D eigenvalue weighted by molar-refractivity contribution is 7.11. The number of nitriles is 1. The van der Waals surface area contributed by atoms with E-state index in [2.05, 4.69) is 4.98 Å². The van der Waals surface area contributed by atoms with E-state index in [0.29, 0.717) is 17.3 Å². The molecule has 0 bridgehead atoms. The van der Waals surface area contributed by atoms with Gasteiger partial charge in [-0.25, -0.2) is 9.78 Å². The van der Waals surface area contributed by atoms with Crippen LogP contribution in [0.1, 0.15) is 27.3 Å². The maximum atomic E-state index is 11.3. The molecule has 0 spiro atoms. The Labute approximate surface area is 86.1 Å². The first kappa shape index (κ1) is 10.7. The van der Waals surface area contributed by atoms with Gasteiger partial charge in [-0.3, -0.25) is 0 Å². The van der Waals surface area contributed by atoms with Gasteiger partial charge in [-0.15, -0.1) is 11.3 Å². The number of esters is 1. The Morgan fingerprint density at radius 2 is 2.43 bits per heavy atom. The van der Waals surface area contributed by atoms with E-state index in [1.54, 1.807) is 13.8 Å². The Balaban J connectivity index is 2.88. The van der Waals surface area contributed by atoms with E-state index >= 15 is 0 Å². The molecule has 0 radical (unpaired) electrons. The summed E-state index contributed by atoms with van der Waals surface area (Å²) in [6.07, 6.45) is 0.241. The summed E-state index contributed by atoms with van der Waals surface area (Å²) < 4.78 is 4.82. The van der Waals surface area contributed by atoms with Crippen molar-refractivity contribution >= 4 is 17.3 Å². The Morgan fingerprint density at radius 1 is 1.71 bits per heavy atom. The number of hydrogen-bond acceptors (Lipinski definition) is 5. The number of carbonyl (C=O) groups is 1. The summed E-state index contributed by atoms with van der Waals surface area (Å²) >= 11 is 1.36. The molecule has 0 aliphatic rings. The Kier molecular flexibility index (Phi) is 3.60. The molecular weight excluding hydrogens is 200 g/mol. The molecule has 4 nitrogen and oxygen atoms in total. The SMILES string of the molecule is CCOC(=O)c1nc(CC#N)sc1C. The highest BCUT2D eigenvalue weighted by atomic mass is 32.1. The second kappa shape index (κ2) is 4.72. The molecule has 74 valence electrons. The minimum atomic E-state index is -0.412. The summed E-state index contributed by atoms with van der Waals surface area (Å²) in [4.78, 5) is 16.2. The van der Waals surface area contributed by atoms with Crippen molar-refractivity contribution in [3.05, 3.63) is 15.6 Å². The van der Waals surface area contributed by atoms with Gasteiger partial charge in [-0.2, -0.15) is 5.26 Å². The van der Waals surface area contributed by atoms with Crippen molar-refractivity contribution < 1.29 is 9.53 Å². The van der Waals surface area contributed by atoms with Crippen LogP contribution in [0.4, 0.5) is 0 Å². The zero-order valence-corrected chi connectivity index (χ0v) is 8.85. The van der Waals surface area contributed by atoms with Gasteiger partial charge in [0.1, 0.15) is 5.01 Å². The van der Waals surface area contributed by atoms with E-state index in [-0.39, 0.29) is 6.42 Å². The van der Waals surface area contributed by atoms with E-state index in [9.17, 15) is 4.79 Å². The molecule has 5 heteroatoms. The smallest absolute Gasteiger partial charge is 0.358 e. The fourth-order valence-corrected chi connectivity index (χ4v) is 1.84. The van der Waals surface area contributed by atoms with E-state index in [1.807, 2.05) is 6.07 Å². The number of nitrogens with zero attached hydrogens (tertiary/aromatic N) is 2. The van der Waals surface area contributed by atoms with Gasteiger partial charge in [0.2, 0.25) is 0 Å².